The van der Waals surface area contributed by atoms with Gasteiger partial charge in [0.15, 0.2) is 0 Å². The summed E-state index contributed by atoms with van der Waals surface area (Å²) in [7, 11) is 0. The molecule has 1 fully saturated rings. The third-order valence-electron chi connectivity index (χ3n) is 2.44. The van der Waals surface area contributed by atoms with Crippen LogP contribution in [0.2, 0.25) is 0 Å². The Labute approximate surface area is 98.1 Å². The maximum Gasteiger partial charge on any atom is 0.411 e. The molecule has 0 aliphatic carbocycles. The SMILES string of the molecule is CC#C[C@@H]1CCCCN1C(=O)OC(C)(C)C. The second-order valence-corrected chi connectivity index (χ2v) is 5.08. The summed E-state index contributed by atoms with van der Waals surface area (Å²) in [6.45, 7) is 8.22. The molecule has 3 nitrogen and oxygen atoms in total. The van der Waals surface area contributed by atoms with Crippen LogP contribution in [0, 0.1) is 11.8 Å². The average Bonchev–Trinajstić information content (AvgIpc) is 2.16. The fourth-order valence-corrected chi connectivity index (χ4v) is 1.79. The molecule has 0 aromatic heterocycles. The molecule has 3 heteroatoms. The van der Waals surface area contributed by atoms with Crippen molar-refractivity contribution in [3.05, 3.63) is 0 Å². The monoisotopic (exact) mass is 223 g/mol. The predicted octanol–water partition coefficient (Wildman–Crippen LogP) is 2.80. The molecule has 0 aromatic carbocycles. The van der Waals surface area contributed by atoms with E-state index in [0.29, 0.717) is 0 Å². The van der Waals surface area contributed by atoms with Crippen LogP contribution in [-0.4, -0.2) is 29.2 Å². The van der Waals surface area contributed by atoms with Crippen LogP contribution in [0.4, 0.5) is 4.79 Å². The molecule has 1 heterocycles. The summed E-state index contributed by atoms with van der Waals surface area (Å²) in [5.41, 5.74) is -0.432. The first-order valence-corrected chi connectivity index (χ1v) is 5.86. The molecule has 0 unspecified atom stereocenters. The van der Waals surface area contributed by atoms with Gasteiger partial charge in [-0.2, -0.15) is 0 Å². The summed E-state index contributed by atoms with van der Waals surface area (Å²) in [6, 6.07) is 0.0357. The van der Waals surface area contributed by atoms with Gasteiger partial charge < -0.3 is 4.74 Å². The van der Waals surface area contributed by atoms with Gasteiger partial charge in [-0.3, -0.25) is 4.90 Å². The topological polar surface area (TPSA) is 29.5 Å². The van der Waals surface area contributed by atoms with E-state index in [1.165, 1.54) is 0 Å². The third-order valence-corrected chi connectivity index (χ3v) is 2.44. The minimum atomic E-state index is -0.432. The van der Waals surface area contributed by atoms with E-state index in [1.807, 2.05) is 27.7 Å². The highest BCUT2D eigenvalue weighted by Gasteiger charge is 2.29. The van der Waals surface area contributed by atoms with E-state index in [-0.39, 0.29) is 12.1 Å². The van der Waals surface area contributed by atoms with Crippen molar-refractivity contribution >= 4 is 6.09 Å². The molecule has 0 saturated carbocycles. The van der Waals surface area contributed by atoms with Crippen LogP contribution in [0.15, 0.2) is 0 Å². The highest BCUT2D eigenvalue weighted by atomic mass is 16.6. The number of ether oxygens (including phenoxy) is 1. The summed E-state index contributed by atoms with van der Waals surface area (Å²) in [6.07, 6.45) is 2.90. The molecule has 1 saturated heterocycles. The summed E-state index contributed by atoms with van der Waals surface area (Å²) in [5, 5.41) is 0. The zero-order chi connectivity index (χ0) is 12.2. The van der Waals surface area contributed by atoms with Crippen LogP contribution in [0.1, 0.15) is 47.0 Å². The molecule has 90 valence electrons. The lowest BCUT2D eigenvalue weighted by atomic mass is 10.0. The van der Waals surface area contributed by atoms with Gasteiger partial charge in [-0.25, -0.2) is 4.79 Å². The number of likely N-dealkylation sites (tertiary alicyclic amines) is 1. The van der Waals surface area contributed by atoms with E-state index in [0.717, 1.165) is 25.8 Å². The lowest BCUT2D eigenvalue weighted by molar-refractivity contribution is 0.0158. The number of amides is 1. The number of hydrogen-bond acceptors (Lipinski definition) is 2. The van der Waals surface area contributed by atoms with Crippen molar-refractivity contribution in [1.29, 1.82) is 0 Å². The zero-order valence-corrected chi connectivity index (χ0v) is 10.7. The van der Waals surface area contributed by atoms with Crippen molar-refractivity contribution in [3.8, 4) is 11.8 Å². The van der Waals surface area contributed by atoms with Crippen LogP contribution in [0.25, 0.3) is 0 Å². The van der Waals surface area contributed by atoms with Crippen molar-refractivity contribution in [1.82, 2.24) is 4.90 Å². The van der Waals surface area contributed by atoms with Crippen molar-refractivity contribution in [3.63, 3.8) is 0 Å². The molecule has 0 aromatic rings. The second kappa shape index (κ2) is 5.25. The average molecular weight is 223 g/mol. The van der Waals surface area contributed by atoms with E-state index in [1.54, 1.807) is 4.90 Å². The first kappa shape index (κ1) is 12.9. The van der Waals surface area contributed by atoms with Gasteiger partial charge in [-0.1, -0.05) is 5.92 Å². The van der Waals surface area contributed by atoms with Crippen LogP contribution in [0.3, 0.4) is 0 Å². The Kier molecular flexibility index (Phi) is 4.23. The van der Waals surface area contributed by atoms with E-state index in [4.69, 9.17) is 4.74 Å². The van der Waals surface area contributed by atoms with Crippen LogP contribution in [-0.2, 0) is 4.74 Å². The minimum absolute atomic E-state index is 0.0357. The Balaban J connectivity index is 2.67. The molecule has 1 aliphatic rings. The molecule has 1 amide bonds. The van der Waals surface area contributed by atoms with Gasteiger partial charge in [0, 0.05) is 6.54 Å². The number of piperidine rings is 1. The summed E-state index contributed by atoms with van der Waals surface area (Å²) in [5.74, 6) is 5.96. The first-order chi connectivity index (χ1) is 7.44. The van der Waals surface area contributed by atoms with Gasteiger partial charge in [0.2, 0.25) is 0 Å². The largest absolute Gasteiger partial charge is 0.444 e. The maximum absolute atomic E-state index is 11.9. The number of hydrogen-bond donors (Lipinski definition) is 0. The van der Waals surface area contributed by atoms with Gasteiger partial charge in [-0.15, -0.1) is 5.92 Å². The molecule has 16 heavy (non-hydrogen) atoms. The van der Waals surface area contributed by atoms with E-state index in [9.17, 15) is 4.79 Å². The number of carbonyl (C=O) groups is 1. The van der Waals surface area contributed by atoms with Gasteiger partial charge >= 0.3 is 6.09 Å². The van der Waals surface area contributed by atoms with Crippen LogP contribution in [0.5, 0.6) is 0 Å². The van der Waals surface area contributed by atoms with Gasteiger partial charge in [0.1, 0.15) is 5.60 Å². The van der Waals surface area contributed by atoms with E-state index >= 15 is 0 Å². The maximum atomic E-state index is 11.9. The lowest BCUT2D eigenvalue weighted by Gasteiger charge is -2.34. The number of carbonyl (C=O) groups excluding carboxylic acids is 1. The van der Waals surface area contributed by atoms with Crippen LogP contribution < -0.4 is 0 Å². The molecular formula is C13H21NO2. The molecule has 1 rings (SSSR count). The summed E-state index contributed by atoms with van der Waals surface area (Å²) >= 11 is 0. The lowest BCUT2D eigenvalue weighted by Crippen LogP contribution is -2.45. The zero-order valence-electron chi connectivity index (χ0n) is 10.7. The summed E-state index contributed by atoms with van der Waals surface area (Å²) in [4.78, 5) is 13.7. The van der Waals surface area contributed by atoms with Crippen molar-refractivity contribution < 1.29 is 9.53 Å². The summed E-state index contributed by atoms with van der Waals surface area (Å²) < 4.78 is 5.37. The minimum Gasteiger partial charge on any atom is -0.444 e. The van der Waals surface area contributed by atoms with Crippen molar-refractivity contribution in [2.24, 2.45) is 0 Å². The number of rotatable bonds is 0. The predicted molar refractivity (Wildman–Crippen MR) is 64.0 cm³/mol. The fourth-order valence-electron chi connectivity index (χ4n) is 1.79. The second-order valence-electron chi connectivity index (χ2n) is 5.08. The standard InChI is InChI=1S/C13H21NO2/c1-5-8-11-9-6-7-10-14(11)12(15)16-13(2,3)4/h11H,6-7,9-10H2,1-4H3/t11-/m1/s1. The molecule has 0 N–H and O–H groups in total. The Bertz CT molecular complexity index is 306. The molecule has 0 spiro atoms. The normalized spacial score (nSPS) is 21.0. The molecule has 0 bridgehead atoms. The molecule has 1 aliphatic heterocycles. The fraction of sp³-hybridized carbons (Fsp3) is 0.769. The quantitative estimate of drug-likeness (QED) is 0.591. The third kappa shape index (κ3) is 3.77. The van der Waals surface area contributed by atoms with E-state index < -0.39 is 5.60 Å². The van der Waals surface area contributed by atoms with Gasteiger partial charge in [0.25, 0.3) is 0 Å². The van der Waals surface area contributed by atoms with Crippen molar-refractivity contribution in [2.75, 3.05) is 6.54 Å². The first-order valence-electron chi connectivity index (χ1n) is 5.86. The van der Waals surface area contributed by atoms with Gasteiger partial charge in [0.05, 0.1) is 6.04 Å². The Morgan fingerprint density at radius 1 is 1.38 bits per heavy atom. The molecular weight excluding hydrogens is 202 g/mol. The number of nitrogens with zero attached hydrogens (tertiary/aromatic N) is 1. The Morgan fingerprint density at radius 2 is 2.06 bits per heavy atom. The van der Waals surface area contributed by atoms with Gasteiger partial charge in [-0.05, 0) is 47.0 Å². The Hall–Kier alpha value is -1.17. The highest BCUT2D eigenvalue weighted by Crippen LogP contribution is 2.19. The van der Waals surface area contributed by atoms with E-state index in [2.05, 4.69) is 11.8 Å². The molecule has 1 atom stereocenters. The smallest absolute Gasteiger partial charge is 0.411 e. The highest BCUT2D eigenvalue weighted by molar-refractivity contribution is 5.69. The molecule has 0 radical (unpaired) electrons. The van der Waals surface area contributed by atoms with Crippen LogP contribution >= 0.6 is 0 Å². The Morgan fingerprint density at radius 3 is 2.62 bits per heavy atom. The van der Waals surface area contributed by atoms with Crippen molar-refractivity contribution in [2.45, 2.75) is 58.6 Å².